The number of carbonyl (C=O) groups is 3. The van der Waals surface area contributed by atoms with Gasteiger partial charge in [-0.05, 0) is 37.1 Å². The molecule has 8 heteroatoms. The molecule has 2 aromatic rings. The van der Waals surface area contributed by atoms with Crippen LogP contribution in [-0.4, -0.2) is 64.7 Å². The molecule has 3 amide bonds. The highest BCUT2D eigenvalue weighted by molar-refractivity contribution is 5.99. The highest BCUT2D eigenvalue weighted by Gasteiger charge is 2.28. The summed E-state index contributed by atoms with van der Waals surface area (Å²) in [6, 6.07) is 6.69. The van der Waals surface area contributed by atoms with Gasteiger partial charge in [-0.2, -0.15) is 0 Å². The molecule has 140 valence electrons. The molecule has 0 radical (unpaired) electrons. The number of nitrogens with one attached hydrogen (secondary N) is 1. The molecule has 2 aliphatic rings. The Morgan fingerprint density at radius 1 is 1.04 bits per heavy atom. The lowest BCUT2D eigenvalue weighted by atomic mass is 10.2. The first kappa shape index (κ1) is 17.3. The number of hydrogen-bond acceptors (Lipinski definition) is 5. The first-order valence-corrected chi connectivity index (χ1v) is 9.01. The van der Waals surface area contributed by atoms with E-state index in [1.807, 2.05) is 0 Å². The van der Waals surface area contributed by atoms with Crippen LogP contribution < -0.4 is 5.32 Å². The standard InChI is InChI=1S/C19H20N4O4/c24-17(21-14-3-4-14)13-5-6-20-15(12-13)18(25)22-7-9-23(10-8-22)19(26)16-2-1-11-27-16/h1-2,5-6,11-12,14H,3-4,7-10H2,(H,21,24). The van der Waals surface area contributed by atoms with Gasteiger partial charge in [-0.25, -0.2) is 0 Å². The maximum atomic E-state index is 12.7. The summed E-state index contributed by atoms with van der Waals surface area (Å²) in [6.07, 6.45) is 4.95. The van der Waals surface area contributed by atoms with E-state index in [4.69, 9.17) is 4.42 Å². The van der Waals surface area contributed by atoms with Crippen molar-refractivity contribution in [1.29, 1.82) is 0 Å². The smallest absolute Gasteiger partial charge is 0.289 e. The zero-order chi connectivity index (χ0) is 18.8. The third kappa shape index (κ3) is 3.84. The van der Waals surface area contributed by atoms with Gasteiger partial charge < -0.3 is 19.5 Å². The lowest BCUT2D eigenvalue weighted by Gasteiger charge is -2.34. The predicted molar refractivity (Wildman–Crippen MR) is 95.2 cm³/mol. The number of carbonyl (C=O) groups excluding carboxylic acids is 3. The van der Waals surface area contributed by atoms with Crippen LogP contribution in [0.5, 0.6) is 0 Å². The Balaban J connectivity index is 1.37. The van der Waals surface area contributed by atoms with E-state index in [9.17, 15) is 14.4 Å². The summed E-state index contributed by atoms with van der Waals surface area (Å²) in [5, 5.41) is 2.90. The van der Waals surface area contributed by atoms with Crippen LogP contribution in [0.15, 0.2) is 41.1 Å². The number of amides is 3. The average molecular weight is 368 g/mol. The molecule has 1 N–H and O–H groups in total. The van der Waals surface area contributed by atoms with E-state index in [1.165, 1.54) is 18.5 Å². The van der Waals surface area contributed by atoms with Gasteiger partial charge in [0.05, 0.1) is 6.26 Å². The molecule has 2 aromatic heterocycles. The van der Waals surface area contributed by atoms with Gasteiger partial charge in [-0.15, -0.1) is 0 Å². The quantitative estimate of drug-likeness (QED) is 0.874. The van der Waals surface area contributed by atoms with Gasteiger partial charge in [0.15, 0.2) is 5.76 Å². The van der Waals surface area contributed by atoms with Crippen molar-refractivity contribution in [3.05, 3.63) is 53.7 Å². The Morgan fingerprint density at radius 2 is 1.74 bits per heavy atom. The number of pyridine rings is 1. The second-order valence-corrected chi connectivity index (χ2v) is 6.74. The highest BCUT2D eigenvalue weighted by Crippen LogP contribution is 2.19. The molecule has 1 aliphatic heterocycles. The number of furan rings is 1. The molecule has 0 atom stereocenters. The van der Waals surface area contributed by atoms with Crippen molar-refractivity contribution in [2.45, 2.75) is 18.9 Å². The molecule has 0 unspecified atom stereocenters. The number of hydrogen-bond donors (Lipinski definition) is 1. The van der Waals surface area contributed by atoms with Crippen LogP contribution in [-0.2, 0) is 0 Å². The molecule has 0 spiro atoms. The van der Waals surface area contributed by atoms with Gasteiger partial charge in [-0.3, -0.25) is 19.4 Å². The monoisotopic (exact) mass is 368 g/mol. The van der Waals surface area contributed by atoms with Crippen LogP contribution in [0.3, 0.4) is 0 Å². The van der Waals surface area contributed by atoms with E-state index in [0.29, 0.717) is 37.5 Å². The summed E-state index contributed by atoms with van der Waals surface area (Å²) < 4.78 is 5.14. The number of piperazine rings is 1. The Morgan fingerprint density at radius 3 is 2.37 bits per heavy atom. The van der Waals surface area contributed by atoms with Crippen LogP contribution in [0.1, 0.15) is 44.2 Å². The third-order valence-corrected chi connectivity index (χ3v) is 4.74. The van der Waals surface area contributed by atoms with Crippen LogP contribution in [0.25, 0.3) is 0 Å². The fourth-order valence-electron chi connectivity index (χ4n) is 3.02. The fourth-order valence-corrected chi connectivity index (χ4v) is 3.02. The second-order valence-electron chi connectivity index (χ2n) is 6.74. The Kier molecular flexibility index (Phi) is 4.62. The van der Waals surface area contributed by atoms with Gasteiger partial charge in [0, 0.05) is 44.0 Å². The van der Waals surface area contributed by atoms with Crippen molar-refractivity contribution in [2.24, 2.45) is 0 Å². The zero-order valence-corrected chi connectivity index (χ0v) is 14.8. The lowest BCUT2D eigenvalue weighted by molar-refractivity contribution is 0.0515. The molecule has 1 saturated carbocycles. The van der Waals surface area contributed by atoms with E-state index in [1.54, 1.807) is 28.0 Å². The lowest BCUT2D eigenvalue weighted by Crippen LogP contribution is -2.50. The largest absolute Gasteiger partial charge is 0.459 e. The average Bonchev–Trinajstić information content (AvgIpc) is 3.35. The normalized spacial score (nSPS) is 16.9. The van der Waals surface area contributed by atoms with E-state index in [-0.39, 0.29) is 29.5 Å². The van der Waals surface area contributed by atoms with Gasteiger partial charge >= 0.3 is 0 Å². The van der Waals surface area contributed by atoms with Crippen LogP contribution in [0, 0.1) is 0 Å². The molecule has 1 saturated heterocycles. The van der Waals surface area contributed by atoms with Gasteiger partial charge in [0.2, 0.25) is 0 Å². The summed E-state index contributed by atoms with van der Waals surface area (Å²) in [6.45, 7) is 1.66. The van der Waals surface area contributed by atoms with Crippen molar-refractivity contribution >= 4 is 17.7 Å². The minimum Gasteiger partial charge on any atom is -0.459 e. The minimum absolute atomic E-state index is 0.177. The molecule has 27 heavy (non-hydrogen) atoms. The van der Waals surface area contributed by atoms with Gasteiger partial charge in [0.1, 0.15) is 5.69 Å². The van der Waals surface area contributed by atoms with Crippen LogP contribution in [0.4, 0.5) is 0 Å². The Bertz CT molecular complexity index is 852. The first-order chi connectivity index (χ1) is 13.1. The van der Waals surface area contributed by atoms with E-state index >= 15 is 0 Å². The molecule has 3 heterocycles. The van der Waals surface area contributed by atoms with Crippen molar-refractivity contribution < 1.29 is 18.8 Å². The molecule has 0 bridgehead atoms. The van der Waals surface area contributed by atoms with Crippen molar-refractivity contribution in [3.8, 4) is 0 Å². The third-order valence-electron chi connectivity index (χ3n) is 4.74. The number of rotatable bonds is 4. The van der Waals surface area contributed by atoms with Crippen LogP contribution in [0.2, 0.25) is 0 Å². The summed E-state index contributed by atoms with van der Waals surface area (Å²) in [5.74, 6) is -0.293. The van der Waals surface area contributed by atoms with Gasteiger partial charge in [0.25, 0.3) is 17.7 Å². The molecule has 1 aliphatic carbocycles. The summed E-state index contributed by atoms with van der Waals surface area (Å²) >= 11 is 0. The first-order valence-electron chi connectivity index (χ1n) is 9.01. The van der Waals surface area contributed by atoms with E-state index < -0.39 is 0 Å². The van der Waals surface area contributed by atoms with Crippen molar-refractivity contribution in [1.82, 2.24) is 20.1 Å². The minimum atomic E-state index is -0.235. The fraction of sp³-hybridized carbons (Fsp3) is 0.368. The number of aromatic nitrogens is 1. The topological polar surface area (TPSA) is 95.8 Å². The van der Waals surface area contributed by atoms with E-state index in [2.05, 4.69) is 10.3 Å². The highest BCUT2D eigenvalue weighted by atomic mass is 16.3. The SMILES string of the molecule is O=C(NC1CC1)c1ccnc(C(=O)N2CCN(C(=O)c3ccco3)CC2)c1. The summed E-state index contributed by atoms with van der Waals surface area (Å²) in [7, 11) is 0. The zero-order valence-electron chi connectivity index (χ0n) is 14.8. The maximum Gasteiger partial charge on any atom is 0.289 e. The van der Waals surface area contributed by atoms with Crippen LogP contribution >= 0.6 is 0 Å². The molecule has 2 fully saturated rings. The van der Waals surface area contributed by atoms with Crippen molar-refractivity contribution in [3.63, 3.8) is 0 Å². The second kappa shape index (κ2) is 7.22. The molecular weight excluding hydrogens is 348 g/mol. The molecule has 0 aromatic carbocycles. The summed E-state index contributed by atoms with van der Waals surface area (Å²) in [4.78, 5) is 44.6. The van der Waals surface area contributed by atoms with Crippen molar-refractivity contribution in [2.75, 3.05) is 26.2 Å². The van der Waals surface area contributed by atoms with E-state index in [0.717, 1.165) is 12.8 Å². The molecular formula is C19H20N4O4. The Hall–Kier alpha value is -3.16. The maximum absolute atomic E-state index is 12.7. The Labute approximate surface area is 156 Å². The van der Waals surface area contributed by atoms with Gasteiger partial charge in [-0.1, -0.05) is 0 Å². The predicted octanol–water partition coefficient (Wildman–Crippen LogP) is 1.16. The summed E-state index contributed by atoms with van der Waals surface area (Å²) in [5.41, 5.74) is 0.677. The number of nitrogens with zero attached hydrogens (tertiary/aromatic N) is 3. The molecule has 8 nitrogen and oxygen atoms in total. The molecule has 4 rings (SSSR count).